The van der Waals surface area contributed by atoms with E-state index in [9.17, 15) is 23.3 Å². The molecule has 8 heteroatoms. The molecule has 1 aliphatic heterocycles. The standard InChI is InChI=1S/C18H18N2O5S/c21-18(14-6-2-1-3-7-14)15-10-12-19(13-11-15)26(24,25)17-9-5-4-8-16(17)20(22)23/h1-9,15H,10-13H2. The molecule has 26 heavy (non-hydrogen) atoms. The van der Waals surface area contributed by atoms with Crippen LogP contribution in [0.3, 0.4) is 0 Å². The smallest absolute Gasteiger partial charge is 0.289 e. The monoisotopic (exact) mass is 374 g/mol. The highest BCUT2D eigenvalue weighted by atomic mass is 32.2. The highest BCUT2D eigenvalue weighted by Crippen LogP contribution is 2.30. The van der Waals surface area contributed by atoms with E-state index in [0.29, 0.717) is 18.4 Å². The minimum absolute atomic E-state index is 0.00772. The first kappa shape index (κ1) is 18.2. The van der Waals surface area contributed by atoms with E-state index in [0.717, 1.165) is 0 Å². The number of rotatable bonds is 5. The number of benzene rings is 2. The third-order valence-electron chi connectivity index (χ3n) is 4.56. The number of carbonyl (C=O) groups is 1. The van der Waals surface area contributed by atoms with Crippen molar-refractivity contribution in [3.63, 3.8) is 0 Å². The average molecular weight is 374 g/mol. The Hall–Kier alpha value is -2.58. The summed E-state index contributed by atoms with van der Waals surface area (Å²) in [6, 6.07) is 14.2. The molecule has 0 atom stereocenters. The van der Waals surface area contributed by atoms with Crippen LogP contribution in [0.2, 0.25) is 0 Å². The summed E-state index contributed by atoms with van der Waals surface area (Å²) in [6.45, 7) is 0.329. The van der Waals surface area contributed by atoms with Crippen LogP contribution in [0.1, 0.15) is 23.2 Å². The van der Waals surface area contributed by atoms with E-state index in [2.05, 4.69) is 0 Å². The van der Waals surface area contributed by atoms with Gasteiger partial charge in [-0.15, -0.1) is 0 Å². The average Bonchev–Trinajstić information content (AvgIpc) is 2.68. The summed E-state index contributed by atoms with van der Waals surface area (Å²) in [4.78, 5) is 22.6. The SMILES string of the molecule is O=C(c1ccccc1)C1CCN(S(=O)(=O)c2ccccc2[N+](=O)[O-])CC1. The van der Waals surface area contributed by atoms with Gasteiger partial charge < -0.3 is 0 Å². The number of carbonyl (C=O) groups excluding carboxylic acids is 1. The van der Waals surface area contributed by atoms with Gasteiger partial charge in [-0.05, 0) is 18.9 Å². The molecule has 0 N–H and O–H groups in total. The molecular weight excluding hydrogens is 356 g/mol. The number of nitro groups is 1. The lowest BCUT2D eigenvalue weighted by Gasteiger charge is -2.30. The van der Waals surface area contributed by atoms with Crippen molar-refractivity contribution >= 4 is 21.5 Å². The molecule has 1 fully saturated rings. The Labute approximate surface area is 151 Å². The summed E-state index contributed by atoms with van der Waals surface area (Å²) in [5, 5.41) is 11.1. The molecule has 0 aliphatic carbocycles. The summed E-state index contributed by atoms with van der Waals surface area (Å²) in [5.41, 5.74) is 0.183. The zero-order chi connectivity index (χ0) is 18.7. The molecule has 0 aromatic heterocycles. The number of Topliss-reactive ketones (excluding diaryl/α,β-unsaturated/α-hetero) is 1. The molecule has 2 aromatic carbocycles. The lowest BCUT2D eigenvalue weighted by Crippen LogP contribution is -2.40. The normalized spacial score (nSPS) is 16.3. The maximum Gasteiger partial charge on any atom is 0.289 e. The van der Waals surface area contributed by atoms with E-state index in [1.54, 1.807) is 24.3 Å². The van der Waals surface area contributed by atoms with Crippen molar-refractivity contribution in [1.82, 2.24) is 4.31 Å². The molecule has 1 saturated heterocycles. The van der Waals surface area contributed by atoms with Gasteiger partial charge in [0.1, 0.15) is 0 Å². The van der Waals surface area contributed by atoms with Crippen molar-refractivity contribution in [2.24, 2.45) is 5.92 Å². The molecular formula is C18H18N2O5S. The summed E-state index contributed by atoms with van der Waals surface area (Å²) >= 11 is 0. The van der Waals surface area contributed by atoms with E-state index in [4.69, 9.17) is 0 Å². The van der Waals surface area contributed by atoms with E-state index in [1.165, 1.54) is 28.6 Å². The van der Waals surface area contributed by atoms with Gasteiger partial charge in [0.2, 0.25) is 10.0 Å². The summed E-state index contributed by atoms with van der Waals surface area (Å²) in [7, 11) is -3.97. The van der Waals surface area contributed by atoms with Crippen molar-refractivity contribution in [2.45, 2.75) is 17.7 Å². The van der Waals surface area contributed by atoms with Gasteiger partial charge in [0.05, 0.1) is 4.92 Å². The van der Waals surface area contributed by atoms with Crippen LogP contribution in [0, 0.1) is 16.0 Å². The fraction of sp³-hybridized carbons (Fsp3) is 0.278. The van der Waals surface area contributed by atoms with E-state index in [-0.39, 0.29) is 29.7 Å². The Bertz CT molecular complexity index is 920. The molecule has 136 valence electrons. The van der Waals surface area contributed by atoms with Gasteiger partial charge in [-0.3, -0.25) is 14.9 Å². The maximum atomic E-state index is 12.8. The first-order chi connectivity index (χ1) is 12.4. The van der Waals surface area contributed by atoms with Crippen molar-refractivity contribution in [3.8, 4) is 0 Å². The number of ketones is 1. The number of hydrogen-bond donors (Lipinski definition) is 0. The fourth-order valence-electron chi connectivity index (χ4n) is 3.16. The molecule has 1 heterocycles. The van der Waals surface area contributed by atoms with Crippen molar-refractivity contribution < 1.29 is 18.1 Å². The second kappa shape index (κ2) is 7.35. The second-order valence-electron chi connectivity index (χ2n) is 6.13. The van der Waals surface area contributed by atoms with Gasteiger partial charge in [0.25, 0.3) is 5.69 Å². The van der Waals surface area contributed by atoms with Gasteiger partial charge in [-0.1, -0.05) is 42.5 Å². The van der Waals surface area contributed by atoms with Gasteiger partial charge in [-0.2, -0.15) is 4.31 Å². The van der Waals surface area contributed by atoms with Crippen LogP contribution in [-0.4, -0.2) is 36.5 Å². The van der Waals surface area contributed by atoms with Crippen LogP contribution in [0.15, 0.2) is 59.5 Å². The van der Waals surface area contributed by atoms with Crippen molar-refractivity contribution in [3.05, 3.63) is 70.3 Å². The zero-order valence-corrected chi connectivity index (χ0v) is 14.8. The molecule has 0 saturated carbocycles. The van der Waals surface area contributed by atoms with Gasteiger partial charge in [0, 0.05) is 30.6 Å². The Morgan fingerprint density at radius 1 is 1.00 bits per heavy atom. The Morgan fingerprint density at radius 2 is 1.58 bits per heavy atom. The van der Waals surface area contributed by atoms with Gasteiger partial charge >= 0.3 is 0 Å². The molecule has 0 unspecified atom stereocenters. The van der Waals surface area contributed by atoms with Crippen LogP contribution in [0.25, 0.3) is 0 Å². The number of sulfonamides is 1. The summed E-state index contributed by atoms with van der Waals surface area (Å²) < 4.78 is 26.8. The quantitative estimate of drug-likeness (QED) is 0.455. The Balaban J connectivity index is 1.76. The first-order valence-corrected chi connectivity index (χ1v) is 9.68. The fourth-order valence-corrected chi connectivity index (χ4v) is 4.79. The number of nitro benzene ring substituents is 1. The van der Waals surface area contributed by atoms with E-state index >= 15 is 0 Å². The lowest BCUT2D eigenvalue weighted by atomic mass is 9.90. The van der Waals surface area contributed by atoms with Crippen LogP contribution in [-0.2, 0) is 10.0 Å². The van der Waals surface area contributed by atoms with Crippen LogP contribution >= 0.6 is 0 Å². The Kier molecular flexibility index (Phi) is 5.15. The molecule has 3 rings (SSSR count). The first-order valence-electron chi connectivity index (χ1n) is 8.24. The predicted octanol–water partition coefficient (Wildman–Crippen LogP) is 2.88. The maximum absolute atomic E-state index is 12.8. The predicted molar refractivity (Wildman–Crippen MR) is 95.4 cm³/mol. The topological polar surface area (TPSA) is 97.6 Å². The number of nitrogens with zero attached hydrogens (tertiary/aromatic N) is 2. The molecule has 2 aromatic rings. The van der Waals surface area contributed by atoms with Crippen LogP contribution in [0.4, 0.5) is 5.69 Å². The molecule has 1 aliphatic rings. The second-order valence-corrected chi connectivity index (χ2v) is 8.04. The number of para-hydroxylation sites is 1. The van der Waals surface area contributed by atoms with Crippen molar-refractivity contribution in [1.29, 1.82) is 0 Å². The molecule has 0 spiro atoms. The molecule has 0 radical (unpaired) electrons. The molecule has 0 amide bonds. The lowest BCUT2D eigenvalue weighted by molar-refractivity contribution is -0.387. The number of piperidine rings is 1. The largest absolute Gasteiger partial charge is 0.294 e. The number of hydrogen-bond acceptors (Lipinski definition) is 5. The van der Waals surface area contributed by atoms with E-state index < -0.39 is 20.6 Å². The van der Waals surface area contributed by atoms with Crippen molar-refractivity contribution in [2.75, 3.05) is 13.1 Å². The zero-order valence-electron chi connectivity index (χ0n) is 13.9. The molecule has 0 bridgehead atoms. The van der Waals surface area contributed by atoms with E-state index in [1.807, 2.05) is 6.07 Å². The van der Waals surface area contributed by atoms with Crippen LogP contribution in [0.5, 0.6) is 0 Å². The molecule has 7 nitrogen and oxygen atoms in total. The third-order valence-corrected chi connectivity index (χ3v) is 6.51. The minimum atomic E-state index is -3.97. The van der Waals surface area contributed by atoms with Crippen LogP contribution < -0.4 is 0 Å². The minimum Gasteiger partial charge on any atom is -0.294 e. The summed E-state index contributed by atoms with van der Waals surface area (Å²) in [6.07, 6.45) is 0.793. The highest BCUT2D eigenvalue weighted by Gasteiger charge is 2.35. The van der Waals surface area contributed by atoms with Gasteiger partial charge in [0.15, 0.2) is 10.7 Å². The third kappa shape index (κ3) is 3.51. The summed E-state index contributed by atoms with van der Waals surface area (Å²) in [5.74, 6) is -0.233. The van der Waals surface area contributed by atoms with Gasteiger partial charge in [-0.25, -0.2) is 8.42 Å². The highest BCUT2D eigenvalue weighted by molar-refractivity contribution is 7.89. The Morgan fingerprint density at radius 3 is 2.19 bits per heavy atom.